The summed E-state index contributed by atoms with van der Waals surface area (Å²) in [7, 11) is 0. The third kappa shape index (κ3) is 2.17. The zero-order chi connectivity index (χ0) is 14.8. The quantitative estimate of drug-likeness (QED) is 0.577. The summed E-state index contributed by atoms with van der Waals surface area (Å²) < 4.78 is 5.27. The predicted molar refractivity (Wildman–Crippen MR) is 81.3 cm³/mol. The molecule has 1 N–H and O–H groups in total. The van der Waals surface area contributed by atoms with Crippen molar-refractivity contribution in [2.45, 2.75) is 5.92 Å². The van der Waals surface area contributed by atoms with E-state index in [0.717, 1.165) is 5.56 Å². The Morgan fingerprint density at radius 2 is 1.71 bits per heavy atom. The Hall–Kier alpha value is -2.99. The average Bonchev–Trinajstić information content (AvgIpc) is 2.52. The molecule has 3 rings (SSSR count). The molecule has 1 heterocycles. The van der Waals surface area contributed by atoms with Gasteiger partial charge in [0.25, 0.3) is 0 Å². The summed E-state index contributed by atoms with van der Waals surface area (Å²) in [6, 6.07) is 16.0. The summed E-state index contributed by atoms with van der Waals surface area (Å²) >= 11 is 0. The number of fused-ring (bicyclic) bond motifs is 1. The Morgan fingerprint density at radius 1 is 1.05 bits per heavy atom. The molecule has 0 spiro atoms. The number of hydrogen-bond donors (Lipinski definition) is 1. The number of hydrogen-bond acceptors (Lipinski definition) is 3. The van der Waals surface area contributed by atoms with Crippen molar-refractivity contribution in [1.82, 2.24) is 0 Å². The number of benzene rings is 2. The van der Waals surface area contributed by atoms with E-state index >= 15 is 0 Å². The standard InChI is InChI=1S/C18H12O3/c1-2-13(12-8-4-3-5-9-12)16-17(19)14-10-6-7-11-15(14)21-18(16)20/h1,3-11,13,19H. The Labute approximate surface area is 121 Å². The van der Waals surface area contributed by atoms with E-state index in [1.165, 1.54) is 0 Å². The average molecular weight is 276 g/mol. The molecule has 0 radical (unpaired) electrons. The van der Waals surface area contributed by atoms with Crippen LogP contribution >= 0.6 is 0 Å². The molecule has 3 aromatic rings. The molecule has 0 amide bonds. The molecule has 0 aliphatic rings. The second-order valence-corrected chi connectivity index (χ2v) is 4.66. The van der Waals surface area contributed by atoms with Crippen LogP contribution < -0.4 is 5.63 Å². The number of rotatable bonds is 2. The van der Waals surface area contributed by atoms with Gasteiger partial charge in [0.15, 0.2) is 0 Å². The fourth-order valence-corrected chi connectivity index (χ4v) is 2.39. The molecule has 1 atom stereocenters. The van der Waals surface area contributed by atoms with Crippen molar-refractivity contribution < 1.29 is 9.52 Å². The van der Waals surface area contributed by atoms with Gasteiger partial charge in [0, 0.05) is 0 Å². The van der Waals surface area contributed by atoms with E-state index in [9.17, 15) is 9.90 Å². The van der Waals surface area contributed by atoms with Gasteiger partial charge in [-0.2, -0.15) is 0 Å². The zero-order valence-electron chi connectivity index (χ0n) is 11.1. The van der Waals surface area contributed by atoms with Crippen LogP contribution in [0.3, 0.4) is 0 Å². The van der Waals surface area contributed by atoms with Gasteiger partial charge in [0.05, 0.1) is 16.9 Å². The monoisotopic (exact) mass is 276 g/mol. The number of terminal acetylenes is 1. The fourth-order valence-electron chi connectivity index (χ4n) is 2.39. The fraction of sp³-hybridized carbons (Fsp3) is 0.0556. The van der Waals surface area contributed by atoms with E-state index in [-0.39, 0.29) is 11.3 Å². The molecule has 1 aromatic heterocycles. The van der Waals surface area contributed by atoms with Gasteiger partial charge < -0.3 is 9.52 Å². The van der Waals surface area contributed by atoms with Crippen molar-refractivity contribution in [3.8, 4) is 18.1 Å². The molecule has 3 heteroatoms. The molecule has 3 nitrogen and oxygen atoms in total. The molecular formula is C18H12O3. The van der Waals surface area contributed by atoms with Gasteiger partial charge in [-0.05, 0) is 17.7 Å². The highest BCUT2D eigenvalue weighted by molar-refractivity contribution is 5.84. The van der Waals surface area contributed by atoms with Crippen molar-refractivity contribution in [2.75, 3.05) is 0 Å². The van der Waals surface area contributed by atoms with Crippen LogP contribution in [0.2, 0.25) is 0 Å². The van der Waals surface area contributed by atoms with E-state index < -0.39 is 11.5 Å². The topological polar surface area (TPSA) is 50.4 Å². The van der Waals surface area contributed by atoms with Crippen molar-refractivity contribution in [2.24, 2.45) is 0 Å². The van der Waals surface area contributed by atoms with Crippen LogP contribution in [0.25, 0.3) is 11.0 Å². The van der Waals surface area contributed by atoms with E-state index in [4.69, 9.17) is 10.8 Å². The van der Waals surface area contributed by atoms with Crippen molar-refractivity contribution in [3.63, 3.8) is 0 Å². The van der Waals surface area contributed by atoms with Crippen LogP contribution in [-0.4, -0.2) is 5.11 Å². The highest BCUT2D eigenvalue weighted by Crippen LogP contribution is 2.33. The summed E-state index contributed by atoms with van der Waals surface area (Å²) in [6.45, 7) is 0. The first-order valence-electron chi connectivity index (χ1n) is 6.48. The molecule has 0 aliphatic carbocycles. The van der Waals surface area contributed by atoms with Gasteiger partial charge in [0.1, 0.15) is 11.3 Å². The summed E-state index contributed by atoms with van der Waals surface area (Å²) in [4.78, 5) is 12.2. The highest BCUT2D eigenvalue weighted by Gasteiger charge is 2.22. The molecule has 0 aliphatic heterocycles. The van der Waals surface area contributed by atoms with Crippen molar-refractivity contribution in [1.29, 1.82) is 0 Å². The molecule has 0 bridgehead atoms. The van der Waals surface area contributed by atoms with Gasteiger partial charge in [0.2, 0.25) is 0 Å². The Kier molecular flexibility index (Phi) is 3.21. The van der Waals surface area contributed by atoms with Gasteiger partial charge in [-0.15, -0.1) is 6.42 Å². The van der Waals surface area contributed by atoms with Crippen LogP contribution in [0.4, 0.5) is 0 Å². The number of aromatic hydroxyl groups is 1. The molecule has 0 saturated heterocycles. The molecule has 0 fully saturated rings. The van der Waals surface area contributed by atoms with Gasteiger partial charge in [-0.3, -0.25) is 0 Å². The minimum absolute atomic E-state index is 0.0994. The lowest BCUT2D eigenvalue weighted by atomic mass is 9.92. The summed E-state index contributed by atoms with van der Waals surface area (Å²) in [5.41, 5.74) is 0.589. The molecular weight excluding hydrogens is 264 g/mol. The Balaban J connectivity index is 2.29. The second-order valence-electron chi connectivity index (χ2n) is 4.66. The van der Waals surface area contributed by atoms with E-state index in [2.05, 4.69) is 5.92 Å². The lowest BCUT2D eigenvalue weighted by Crippen LogP contribution is -2.13. The minimum Gasteiger partial charge on any atom is -0.507 e. The smallest absolute Gasteiger partial charge is 0.344 e. The minimum atomic E-state index is -0.646. The highest BCUT2D eigenvalue weighted by atomic mass is 16.4. The van der Waals surface area contributed by atoms with Gasteiger partial charge in [-0.1, -0.05) is 48.4 Å². The maximum atomic E-state index is 12.2. The van der Waals surface area contributed by atoms with Crippen LogP contribution in [0, 0.1) is 12.3 Å². The first-order valence-corrected chi connectivity index (χ1v) is 6.48. The molecule has 102 valence electrons. The van der Waals surface area contributed by atoms with Gasteiger partial charge >= 0.3 is 5.63 Å². The van der Waals surface area contributed by atoms with E-state index in [1.807, 2.05) is 30.3 Å². The molecule has 1 unspecified atom stereocenters. The number of para-hydroxylation sites is 1. The largest absolute Gasteiger partial charge is 0.507 e. The van der Waals surface area contributed by atoms with Crippen LogP contribution in [0.1, 0.15) is 17.0 Å². The van der Waals surface area contributed by atoms with E-state index in [1.54, 1.807) is 24.3 Å². The third-order valence-electron chi connectivity index (χ3n) is 3.41. The van der Waals surface area contributed by atoms with Gasteiger partial charge in [-0.25, -0.2) is 4.79 Å². The molecule has 21 heavy (non-hydrogen) atoms. The first-order chi connectivity index (χ1) is 10.2. The second kappa shape index (κ2) is 5.18. The maximum Gasteiger partial charge on any atom is 0.344 e. The molecule has 2 aromatic carbocycles. The first kappa shape index (κ1) is 13.0. The lowest BCUT2D eigenvalue weighted by Gasteiger charge is -2.13. The zero-order valence-corrected chi connectivity index (χ0v) is 11.1. The SMILES string of the molecule is C#CC(c1ccccc1)c1c(O)c2ccccc2oc1=O. The van der Waals surface area contributed by atoms with E-state index in [0.29, 0.717) is 11.0 Å². The lowest BCUT2D eigenvalue weighted by molar-refractivity contribution is 0.456. The molecule has 0 saturated carbocycles. The maximum absolute atomic E-state index is 12.2. The Morgan fingerprint density at radius 3 is 2.43 bits per heavy atom. The summed E-state index contributed by atoms with van der Waals surface area (Å²) in [6.07, 6.45) is 5.58. The summed E-state index contributed by atoms with van der Waals surface area (Å²) in [5.74, 6) is 1.80. The van der Waals surface area contributed by atoms with Crippen molar-refractivity contribution in [3.05, 3.63) is 76.1 Å². The van der Waals surface area contributed by atoms with Crippen LogP contribution in [0.5, 0.6) is 5.75 Å². The van der Waals surface area contributed by atoms with Crippen LogP contribution in [-0.2, 0) is 0 Å². The van der Waals surface area contributed by atoms with Crippen molar-refractivity contribution >= 4 is 11.0 Å². The Bertz CT molecular complexity index is 886. The third-order valence-corrected chi connectivity index (χ3v) is 3.41. The normalized spacial score (nSPS) is 12.0. The summed E-state index contributed by atoms with van der Waals surface area (Å²) in [5, 5.41) is 10.9. The predicted octanol–water partition coefficient (Wildman–Crippen LogP) is 3.26. The van der Waals surface area contributed by atoms with Crippen LogP contribution in [0.15, 0.2) is 63.8 Å².